The van der Waals surface area contributed by atoms with Gasteiger partial charge in [-0.3, -0.25) is 0 Å². The van der Waals surface area contributed by atoms with Crippen molar-refractivity contribution in [2.75, 3.05) is 6.61 Å². The summed E-state index contributed by atoms with van der Waals surface area (Å²) < 4.78 is 0. The summed E-state index contributed by atoms with van der Waals surface area (Å²) in [6, 6.07) is -1.24. The molecular weight excluding hydrogens is 166 g/mol. The quantitative estimate of drug-likeness (QED) is 0.244. The molecule has 0 saturated heterocycles. The first-order chi connectivity index (χ1) is 5.45. The minimum absolute atomic E-state index is 0.802. The van der Waals surface area contributed by atoms with Gasteiger partial charge >= 0.3 is 0 Å². The van der Waals surface area contributed by atoms with Crippen molar-refractivity contribution >= 4 is 0 Å². The minimum Gasteiger partial charge on any atom is -0.393 e. The molecule has 0 amide bonds. The molecule has 0 spiro atoms. The van der Waals surface area contributed by atoms with Crippen LogP contribution < -0.4 is 5.73 Å². The van der Waals surface area contributed by atoms with Crippen molar-refractivity contribution < 1.29 is 25.5 Å². The third-order valence-corrected chi connectivity index (χ3v) is 2.38. The molecule has 12 heavy (non-hydrogen) atoms. The molecule has 1 rings (SSSR count). The van der Waals surface area contributed by atoms with Crippen molar-refractivity contribution in [1.82, 2.24) is 0 Å². The average molecular weight is 179 g/mol. The molecule has 6 heteroatoms. The molecule has 0 heterocycles. The van der Waals surface area contributed by atoms with E-state index < -0.39 is 36.6 Å². The van der Waals surface area contributed by atoms with E-state index in [4.69, 9.17) is 26.2 Å². The minimum atomic E-state index is -2.02. The molecular formula is C6H13NO5. The van der Waals surface area contributed by atoms with Crippen LogP contribution in [0.3, 0.4) is 0 Å². The van der Waals surface area contributed by atoms with Crippen LogP contribution in [-0.2, 0) is 0 Å². The predicted octanol–water partition coefficient (Wildman–Crippen LogP) is -3.87. The van der Waals surface area contributed by atoms with Gasteiger partial charge in [0.25, 0.3) is 0 Å². The standard InChI is InChI=1S/C6H13NO5/c7-4-2(9)3(10)5(11)6(4,12)1-8/h2-5,8-12H,1,7H2/t2-,3-,4-,5+,6+/m1/s1. The van der Waals surface area contributed by atoms with Crippen molar-refractivity contribution in [2.24, 2.45) is 5.73 Å². The van der Waals surface area contributed by atoms with Crippen molar-refractivity contribution in [3.8, 4) is 0 Å². The highest BCUT2D eigenvalue weighted by Gasteiger charge is 2.57. The number of hydrogen-bond acceptors (Lipinski definition) is 6. The van der Waals surface area contributed by atoms with Gasteiger partial charge in [0.1, 0.15) is 23.9 Å². The monoisotopic (exact) mass is 179 g/mol. The van der Waals surface area contributed by atoms with E-state index in [0.717, 1.165) is 0 Å². The molecule has 0 aliphatic heterocycles. The summed E-state index contributed by atoms with van der Waals surface area (Å²) in [6.45, 7) is -0.802. The molecule has 0 unspecified atom stereocenters. The lowest BCUT2D eigenvalue weighted by Gasteiger charge is -2.28. The average Bonchev–Trinajstić information content (AvgIpc) is 2.22. The normalized spacial score (nSPS) is 54.5. The Labute approximate surface area is 68.9 Å². The van der Waals surface area contributed by atoms with Crippen LogP contribution in [0.25, 0.3) is 0 Å². The fourth-order valence-electron chi connectivity index (χ4n) is 1.39. The molecule has 7 N–H and O–H groups in total. The third kappa shape index (κ3) is 1.05. The zero-order valence-electron chi connectivity index (χ0n) is 6.33. The van der Waals surface area contributed by atoms with Gasteiger partial charge in [0.2, 0.25) is 0 Å². The van der Waals surface area contributed by atoms with Gasteiger partial charge in [0.15, 0.2) is 0 Å². The summed E-state index contributed by atoms with van der Waals surface area (Å²) in [5.41, 5.74) is 3.25. The summed E-state index contributed by atoms with van der Waals surface area (Å²) >= 11 is 0. The summed E-state index contributed by atoms with van der Waals surface area (Å²) in [7, 11) is 0. The lowest BCUT2D eigenvalue weighted by molar-refractivity contribution is -0.116. The molecule has 72 valence electrons. The highest BCUT2D eigenvalue weighted by molar-refractivity contribution is 5.11. The van der Waals surface area contributed by atoms with E-state index in [-0.39, 0.29) is 0 Å². The maximum Gasteiger partial charge on any atom is 0.134 e. The second-order valence-corrected chi connectivity index (χ2v) is 3.10. The van der Waals surface area contributed by atoms with E-state index in [1.54, 1.807) is 0 Å². The maximum atomic E-state index is 9.43. The number of aliphatic hydroxyl groups excluding tert-OH is 4. The van der Waals surface area contributed by atoms with Crippen molar-refractivity contribution in [3.63, 3.8) is 0 Å². The van der Waals surface area contributed by atoms with Crippen LogP contribution >= 0.6 is 0 Å². The number of aliphatic hydroxyl groups is 5. The summed E-state index contributed by atoms with van der Waals surface area (Å²) in [5.74, 6) is 0. The fourth-order valence-corrected chi connectivity index (χ4v) is 1.39. The predicted molar refractivity (Wildman–Crippen MR) is 38.0 cm³/mol. The van der Waals surface area contributed by atoms with Gasteiger partial charge in [0, 0.05) is 0 Å². The van der Waals surface area contributed by atoms with E-state index >= 15 is 0 Å². The zero-order chi connectivity index (χ0) is 9.52. The molecule has 1 fully saturated rings. The Morgan fingerprint density at radius 3 is 1.83 bits per heavy atom. The maximum absolute atomic E-state index is 9.43. The van der Waals surface area contributed by atoms with E-state index in [0.29, 0.717) is 0 Å². The molecule has 0 radical (unpaired) electrons. The van der Waals surface area contributed by atoms with E-state index in [9.17, 15) is 5.11 Å². The first-order valence-electron chi connectivity index (χ1n) is 3.58. The lowest BCUT2D eigenvalue weighted by Crippen LogP contribution is -2.55. The van der Waals surface area contributed by atoms with Crippen LogP contribution in [-0.4, -0.2) is 62.1 Å². The van der Waals surface area contributed by atoms with Gasteiger partial charge in [-0.2, -0.15) is 0 Å². The van der Waals surface area contributed by atoms with Gasteiger partial charge in [-0.15, -0.1) is 0 Å². The SMILES string of the molecule is N[C@@H]1[C@H](O)[C@@H](O)[C@H](O)[C@]1(O)CO. The lowest BCUT2D eigenvalue weighted by atomic mass is 9.97. The second kappa shape index (κ2) is 2.91. The fraction of sp³-hybridized carbons (Fsp3) is 1.00. The number of nitrogens with two attached hydrogens (primary N) is 1. The van der Waals surface area contributed by atoms with E-state index in [1.807, 2.05) is 0 Å². The van der Waals surface area contributed by atoms with Gasteiger partial charge in [0.05, 0.1) is 12.6 Å². The van der Waals surface area contributed by atoms with Crippen LogP contribution in [0.15, 0.2) is 0 Å². The zero-order valence-corrected chi connectivity index (χ0v) is 6.33. The van der Waals surface area contributed by atoms with Crippen LogP contribution in [0.5, 0.6) is 0 Å². The third-order valence-electron chi connectivity index (χ3n) is 2.38. The van der Waals surface area contributed by atoms with Gasteiger partial charge in [-0.05, 0) is 0 Å². The first kappa shape index (κ1) is 9.85. The molecule has 1 aliphatic rings. The summed E-state index contributed by atoms with van der Waals surface area (Å²) in [6.07, 6.45) is -4.55. The molecule has 6 nitrogen and oxygen atoms in total. The van der Waals surface area contributed by atoms with Crippen LogP contribution in [0.4, 0.5) is 0 Å². The Kier molecular flexibility index (Phi) is 2.39. The summed E-state index contributed by atoms with van der Waals surface area (Å²) in [5, 5.41) is 45.4. The largest absolute Gasteiger partial charge is 0.393 e. The molecule has 5 atom stereocenters. The molecule has 0 aromatic heterocycles. The van der Waals surface area contributed by atoms with E-state index in [2.05, 4.69) is 0 Å². The molecule has 1 aliphatic carbocycles. The van der Waals surface area contributed by atoms with E-state index in [1.165, 1.54) is 0 Å². The smallest absolute Gasteiger partial charge is 0.134 e. The Balaban J connectivity index is 2.90. The first-order valence-corrected chi connectivity index (χ1v) is 3.58. The van der Waals surface area contributed by atoms with Gasteiger partial charge < -0.3 is 31.3 Å². The Morgan fingerprint density at radius 2 is 1.67 bits per heavy atom. The van der Waals surface area contributed by atoms with Gasteiger partial charge in [-0.1, -0.05) is 0 Å². The van der Waals surface area contributed by atoms with Crippen molar-refractivity contribution in [1.29, 1.82) is 0 Å². The van der Waals surface area contributed by atoms with Gasteiger partial charge in [-0.25, -0.2) is 0 Å². The number of rotatable bonds is 1. The molecule has 0 bridgehead atoms. The van der Waals surface area contributed by atoms with Crippen LogP contribution in [0.1, 0.15) is 0 Å². The topological polar surface area (TPSA) is 127 Å². The van der Waals surface area contributed by atoms with Crippen LogP contribution in [0.2, 0.25) is 0 Å². The summed E-state index contributed by atoms with van der Waals surface area (Å²) in [4.78, 5) is 0. The molecule has 1 saturated carbocycles. The Morgan fingerprint density at radius 1 is 1.17 bits per heavy atom. The molecule has 0 aromatic rings. The van der Waals surface area contributed by atoms with Crippen molar-refractivity contribution in [2.45, 2.75) is 30.0 Å². The molecule has 0 aromatic carbocycles. The highest BCUT2D eigenvalue weighted by Crippen LogP contribution is 2.29. The highest BCUT2D eigenvalue weighted by atomic mass is 16.4. The van der Waals surface area contributed by atoms with Crippen LogP contribution in [0, 0.1) is 0 Å². The Hall–Kier alpha value is -0.240. The van der Waals surface area contributed by atoms with Crippen molar-refractivity contribution in [3.05, 3.63) is 0 Å². The number of hydrogen-bond donors (Lipinski definition) is 6. The second-order valence-electron chi connectivity index (χ2n) is 3.10. The Bertz CT molecular complexity index is 161.